The predicted molar refractivity (Wildman–Crippen MR) is 95.7 cm³/mol. The van der Waals surface area contributed by atoms with Crippen molar-refractivity contribution >= 4 is 5.91 Å². The van der Waals surface area contributed by atoms with E-state index < -0.39 is 0 Å². The van der Waals surface area contributed by atoms with Crippen LogP contribution in [0.25, 0.3) is 0 Å². The highest BCUT2D eigenvalue weighted by molar-refractivity contribution is 5.78. The molecule has 1 aliphatic heterocycles. The number of hydrogen-bond acceptors (Lipinski definition) is 3. The average Bonchev–Trinajstić information content (AvgIpc) is 3.02. The van der Waals surface area contributed by atoms with Crippen LogP contribution < -0.4 is 0 Å². The van der Waals surface area contributed by atoms with Gasteiger partial charge in [0.25, 0.3) is 0 Å². The fraction of sp³-hybridized carbons (Fsp3) is 0.750. The number of likely N-dealkylation sites (N-methyl/N-ethyl adjacent to an activating group) is 1. The molecule has 0 aromatic carbocycles. The Hall–Kier alpha value is -1.29. The Balaban J connectivity index is 1.62. The van der Waals surface area contributed by atoms with E-state index in [1.54, 1.807) is 6.26 Å². The summed E-state index contributed by atoms with van der Waals surface area (Å²) in [5, 5.41) is 0. The summed E-state index contributed by atoms with van der Waals surface area (Å²) in [7, 11) is 2.00. The molecule has 1 atom stereocenters. The van der Waals surface area contributed by atoms with Gasteiger partial charge in [0, 0.05) is 13.1 Å². The normalized spacial score (nSPS) is 29.2. The lowest BCUT2D eigenvalue weighted by Gasteiger charge is -2.36. The average molecular weight is 332 g/mol. The predicted octanol–water partition coefficient (Wildman–Crippen LogP) is 4.23. The molecule has 4 heteroatoms. The largest absolute Gasteiger partial charge is 0.468 e. The van der Waals surface area contributed by atoms with Crippen LogP contribution in [0.5, 0.6) is 0 Å². The molecule has 4 nitrogen and oxygen atoms in total. The molecule has 134 valence electrons. The molecule has 0 radical (unpaired) electrons. The molecule has 1 aromatic heterocycles. The summed E-state index contributed by atoms with van der Waals surface area (Å²) in [6.45, 7) is 3.84. The van der Waals surface area contributed by atoms with Crippen LogP contribution in [-0.2, 0) is 4.79 Å². The minimum atomic E-state index is 0.256. The van der Waals surface area contributed by atoms with Crippen molar-refractivity contribution < 1.29 is 9.21 Å². The fourth-order valence-corrected chi connectivity index (χ4v) is 4.28. The number of furan rings is 1. The van der Waals surface area contributed by atoms with Gasteiger partial charge in [0.15, 0.2) is 0 Å². The van der Waals surface area contributed by atoms with Crippen molar-refractivity contribution in [2.75, 3.05) is 20.1 Å². The van der Waals surface area contributed by atoms with Crippen LogP contribution in [0.1, 0.15) is 70.1 Å². The molecule has 24 heavy (non-hydrogen) atoms. The van der Waals surface area contributed by atoms with Gasteiger partial charge in [-0.25, -0.2) is 0 Å². The molecule has 0 bridgehead atoms. The second kappa shape index (κ2) is 8.19. The van der Waals surface area contributed by atoms with E-state index in [1.807, 2.05) is 18.0 Å². The Morgan fingerprint density at radius 1 is 1.21 bits per heavy atom. The van der Waals surface area contributed by atoms with Crippen LogP contribution in [0, 0.1) is 5.92 Å². The molecule has 0 spiro atoms. The molecule has 1 unspecified atom stereocenters. The maximum absolute atomic E-state index is 12.9. The van der Waals surface area contributed by atoms with Crippen molar-refractivity contribution in [1.82, 2.24) is 9.80 Å². The van der Waals surface area contributed by atoms with Crippen LogP contribution >= 0.6 is 0 Å². The first-order valence-electron chi connectivity index (χ1n) is 9.68. The summed E-state index contributed by atoms with van der Waals surface area (Å²) in [4.78, 5) is 17.2. The topological polar surface area (TPSA) is 36.7 Å². The van der Waals surface area contributed by atoms with E-state index in [2.05, 4.69) is 17.9 Å². The number of rotatable bonds is 4. The zero-order chi connectivity index (χ0) is 16.9. The monoisotopic (exact) mass is 332 g/mol. The second-order valence-electron chi connectivity index (χ2n) is 7.77. The van der Waals surface area contributed by atoms with E-state index in [0.29, 0.717) is 12.6 Å². The summed E-state index contributed by atoms with van der Waals surface area (Å²) >= 11 is 0. The van der Waals surface area contributed by atoms with Gasteiger partial charge < -0.3 is 9.32 Å². The van der Waals surface area contributed by atoms with Gasteiger partial charge in [-0.2, -0.15) is 0 Å². The minimum Gasteiger partial charge on any atom is -0.468 e. The maximum atomic E-state index is 12.9. The van der Waals surface area contributed by atoms with Gasteiger partial charge in [0.1, 0.15) is 5.76 Å². The Bertz CT molecular complexity index is 506. The first-order chi connectivity index (χ1) is 11.6. The van der Waals surface area contributed by atoms with Crippen molar-refractivity contribution in [2.24, 2.45) is 5.92 Å². The van der Waals surface area contributed by atoms with Crippen molar-refractivity contribution in [3.63, 3.8) is 0 Å². The zero-order valence-corrected chi connectivity index (χ0v) is 15.2. The lowest BCUT2D eigenvalue weighted by atomic mass is 9.87. The number of amides is 1. The van der Waals surface area contributed by atoms with Gasteiger partial charge in [-0.3, -0.25) is 9.69 Å². The van der Waals surface area contributed by atoms with Crippen molar-refractivity contribution in [2.45, 2.75) is 70.4 Å². The lowest BCUT2D eigenvalue weighted by molar-refractivity contribution is -0.134. The molecule has 1 amide bonds. The van der Waals surface area contributed by atoms with E-state index in [4.69, 9.17) is 4.42 Å². The molecule has 1 aliphatic carbocycles. The summed E-state index contributed by atoms with van der Waals surface area (Å²) in [5.41, 5.74) is 0. The smallest absolute Gasteiger partial charge is 0.236 e. The molecule has 2 heterocycles. The van der Waals surface area contributed by atoms with Crippen molar-refractivity contribution in [1.29, 1.82) is 0 Å². The van der Waals surface area contributed by atoms with Gasteiger partial charge in [0.2, 0.25) is 5.91 Å². The molecule has 2 fully saturated rings. The summed E-state index contributed by atoms with van der Waals surface area (Å²) in [6, 6.07) is 4.70. The number of nitrogens with zero attached hydrogens (tertiary/aromatic N) is 2. The van der Waals surface area contributed by atoms with Crippen LogP contribution in [0.15, 0.2) is 22.8 Å². The highest BCUT2D eigenvalue weighted by Crippen LogP contribution is 2.31. The third kappa shape index (κ3) is 4.21. The first kappa shape index (κ1) is 17.5. The van der Waals surface area contributed by atoms with Gasteiger partial charge in [-0.1, -0.05) is 19.8 Å². The van der Waals surface area contributed by atoms with Crippen LogP contribution in [0.4, 0.5) is 0 Å². The first-order valence-corrected chi connectivity index (χ1v) is 9.68. The Kier molecular flexibility index (Phi) is 5.99. The second-order valence-corrected chi connectivity index (χ2v) is 7.77. The Morgan fingerprint density at radius 2 is 2.00 bits per heavy atom. The molecular formula is C20H32N2O2. The molecule has 1 saturated heterocycles. The Morgan fingerprint density at radius 3 is 2.71 bits per heavy atom. The van der Waals surface area contributed by atoms with E-state index in [9.17, 15) is 4.79 Å². The Labute approximate surface area is 146 Å². The highest BCUT2D eigenvalue weighted by Gasteiger charge is 2.30. The van der Waals surface area contributed by atoms with Crippen LogP contribution in [-0.4, -0.2) is 41.9 Å². The van der Waals surface area contributed by atoms with Crippen LogP contribution in [0.2, 0.25) is 0 Å². The van der Waals surface area contributed by atoms with E-state index in [-0.39, 0.29) is 11.9 Å². The molecule has 1 aromatic rings. The highest BCUT2D eigenvalue weighted by atomic mass is 16.3. The summed E-state index contributed by atoms with van der Waals surface area (Å²) in [5.74, 6) is 2.10. The number of carbonyl (C=O) groups excluding carboxylic acids is 1. The third-order valence-corrected chi connectivity index (χ3v) is 6.00. The third-order valence-electron chi connectivity index (χ3n) is 6.00. The van der Waals surface area contributed by atoms with E-state index >= 15 is 0 Å². The fourth-order valence-electron chi connectivity index (χ4n) is 4.28. The zero-order valence-electron chi connectivity index (χ0n) is 15.2. The SMILES string of the molecule is CC1CCC(N(C)C(=O)CN2CCCCCC2c2ccco2)CC1. The molecular weight excluding hydrogens is 300 g/mol. The quantitative estimate of drug-likeness (QED) is 0.828. The number of likely N-dealkylation sites (tertiary alicyclic amines) is 1. The maximum Gasteiger partial charge on any atom is 0.236 e. The number of hydrogen-bond donors (Lipinski definition) is 0. The molecule has 0 N–H and O–H groups in total. The molecule has 3 rings (SSSR count). The molecule has 2 aliphatic rings. The van der Waals surface area contributed by atoms with Crippen molar-refractivity contribution in [3.05, 3.63) is 24.2 Å². The summed E-state index contributed by atoms with van der Waals surface area (Å²) in [6.07, 6.45) is 11.3. The molecule has 1 saturated carbocycles. The summed E-state index contributed by atoms with van der Waals surface area (Å²) < 4.78 is 5.66. The number of carbonyl (C=O) groups is 1. The lowest BCUT2D eigenvalue weighted by Crippen LogP contribution is -2.45. The van der Waals surface area contributed by atoms with E-state index in [1.165, 1.54) is 32.1 Å². The van der Waals surface area contributed by atoms with Crippen molar-refractivity contribution in [3.8, 4) is 0 Å². The minimum absolute atomic E-state index is 0.256. The van der Waals surface area contributed by atoms with E-state index in [0.717, 1.165) is 37.5 Å². The standard InChI is InChI=1S/C20H32N2O2/c1-16-9-11-17(12-10-16)21(2)20(23)15-22-13-5-3-4-7-18(22)19-8-6-14-24-19/h6,8,14,16-18H,3-5,7,9-13,15H2,1-2H3. The van der Waals surface area contributed by atoms with Gasteiger partial charge in [0.05, 0.1) is 18.8 Å². The van der Waals surface area contributed by atoms with Gasteiger partial charge in [-0.05, 0) is 63.1 Å². The van der Waals surface area contributed by atoms with Crippen LogP contribution in [0.3, 0.4) is 0 Å². The van der Waals surface area contributed by atoms with Gasteiger partial charge in [-0.15, -0.1) is 0 Å². The van der Waals surface area contributed by atoms with Gasteiger partial charge >= 0.3 is 0 Å².